The van der Waals surface area contributed by atoms with Crippen molar-refractivity contribution in [3.05, 3.63) is 30.3 Å². The predicted octanol–water partition coefficient (Wildman–Crippen LogP) is 4.58. The molecule has 0 saturated heterocycles. The lowest BCUT2D eigenvalue weighted by atomic mass is 9.93. The summed E-state index contributed by atoms with van der Waals surface area (Å²) in [4.78, 5) is 1.41. The molecular weight excluding hydrogens is 250 g/mol. The van der Waals surface area contributed by atoms with Crippen LogP contribution in [0.15, 0.2) is 35.2 Å². The van der Waals surface area contributed by atoms with Crippen LogP contribution in [-0.4, -0.2) is 18.3 Å². The Balaban J connectivity index is 1.69. The van der Waals surface area contributed by atoms with Crippen LogP contribution in [0.5, 0.6) is 0 Å². The van der Waals surface area contributed by atoms with Gasteiger partial charge >= 0.3 is 0 Å². The van der Waals surface area contributed by atoms with E-state index in [0.717, 1.165) is 17.9 Å². The number of hydrogen-bond donors (Lipinski definition) is 1. The summed E-state index contributed by atoms with van der Waals surface area (Å²) in [6, 6.07) is 11.6. The molecule has 0 aliphatic heterocycles. The third-order valence-corrected chi connectivity index (χ3v) is 5.43. The molecule has 0 aromatic heterocycles. The number of benzene rings is 1. The van der Waals surface area contributed by atoms with E-state index in [2.05, 4.69) is 49.5 Å². The monoisotopic (exact) mass is 277 g/mol. The van der Waals surface area contributed by atoms with Crippen LogP contribution in [0.4, 0.5) is 0 Å². The molecule has 19 heavy (non-hydrogen) atoms. The van der Waals surface area contributed by atoms with Gasteiger partial charge in [-0.2, -0.15) is 0 Å². The van der Waals surface area contributed by atoms with E-state index in [0.29, 0.717) is 0 Å². The maximum absolute atomic E-state index is 3.71. The Morgan fingerprint density at radius 3 is 2.74 bits per heavy atom. The molecule has 106 valence electrons. The third kappa shape index (κ3) is 4.54. The van der Waals surface area contributed by atoms with E-state index in [1.54, 1.807) is 0 Å². The molecule has 2 heteroatoms. The van der Waals surface area contributed by atoms with Crippen LogP contribution in [0.1, 0.15) is 39.5 Å². The van der Waals surface area contributed by atoms with Crippen molar-refractivity contribution in [2.24, 2.45) is 11.8 Å². The van der Waals surface area contributed by atoms with Gasteiger partial charge in [-0.05, 0) is 61.9 Å². The van der Waals surface area contributed by atoms with Crippen LogP contribution in [-0.2, 0) is 0 Å². The van der Waals surface area contributed by atoms with Crippen molar-refractivity contribution >= 4 is 11.8 Å². The molecule has 1 aromatic carbocycles. The lowest BCUT2D eigenvalue weighted by Gasteiger charge is -2.21. The molecule has 3 atom stereocenters. The molecule has 1 aliphatic carbocycles. The van der Waals surface area contributed by atoms with E-state index in [-0.39, 0.29) is 0 Å². The molecule has 0 heterocycles. The fourth-order valence-electron chi connectivity index (χ4n) is 3.12. The highest BCUT2D eigenvalue weighted by molar-refractivity contribution is 7.99. The number of thioether (sulfide) groups is 1. The quantitative estimate of drug-likeness (QED) is 0.732. The van der Waals surface area contributed by atoms with E-state index >= 15 is 0 Å². The first-order valence-corrected chi connectivity index (χ1v) is 8.71. The summed E-state index contributed by atoms with van der Waals surface area (Å²) in [6.45, 7) is 5.87. The second-order valence-corrected chi connectivity index (χ2v) is 6.88. The Bertz CT molecular complexity index is 352. The van der Waals surface area contributed by atoms with Crippen molar-refractivity contribution < 1.29 is 0 Å². The second kappa shape index (κ2) is 7.96. The van der Waals surface area contributed by atoms with Gasteiger partial charge in [-0.1, -0.05) is 32.0 Å². The number of hydrogen-bond acceptors (Lipinski definition) is 2. The maximum Gasteiger partial charge on any atom is 0.00954 e. The molecule has 1 nitrogen and oxygen atoms in total. The summed E-state index contributed by atoms with van der Waals surface area (Å²) in [5.74, 6) is 3.04. The summed E-state index contributed by atoms with van der Waals surface area (Å²) >= 11 is 2.01. The summed E-state index contributed by atoms with van der Waals surface area (Å²) in [7, 11) is 0. The van der Waals surface area contributed by atoms with Crippen LogP contribution in [0, 0.1) is 11.8 Å². The highest BCUT2D eigenvalue weighted by Gasteiger charge is 2.31. The summed E-state index contributed by atoms with van der Waals surface area (Å²) in [5, 5.41) is 3.71. The average Bonchev–Trinajstić information content (AvgIpc) is 2.79. The number of nitrogens with one attached hydrogen (secondary N) is 1. The van der Waals surface area contributed by atoms with Crippen molar-refractivity contribution in [3.63, 3.8) is 0 Å². The highest BCUT2D eigenvalue weighted by atomic mass is 32.2. The summed E-state index contributed by atoms with van der Waals surface area (Å²) in [6.07, 6.45) is 5.41. The van der Waals surface area contributed by atoms with Crippen molar-refractivity contribution in [1.29, 1.82) is 0 Å². The second-order valence-electron chi connectivity index (χ2n) is 5.71. The van der Waals surface area contributed by atoms with Gasteiger partial charge < -0.3 is 5.32 Å². The lowest BCUT2D eigenvalue weighted by molar-refractivity contribution is 0.347. The Morgan fingerprint density at radius 2 is 2.00 bits per heavy atom. The van der Waals surface area contributed by atoms with Gasteiger partial charge in [-0.3, -0.25) is 0 Å². The minimum absolute atomic E-state index is 0.770. The van der Waals surface area contributed by atoms with Gasteiger partial charge in [0.2, 0.25) is 0 Å². The largest absolute Gasteiger partial charge is 0.314 e. The zero-order valence-electron chi connectivity index (χ0n) is 12.3. The molecule has 0 amide bonds. The summed E-state index contributed by atoms with van der Waals surface area (Å²) in [5.41, 5.74) is 0. The third-order valence-electron chi connectivity index (χ3n) is 4.38. The molecule has 0 bridgehead atoms. The minimum atomic E-state index is 0.770. The van der Waals surface area contributed by atoms with Gasteiger partial charge in [-0.25, -0.2) is 0 Å². The van der Waals surface area contributed by atoms with Gasteiger partial charge in [0.15, 0.2) is 0 Å². The SMILES string of the molecule is CCCNC1CCC(CCSc2ccccc2)C1C. The van der Waals surface area contributed by atoms with Crippen molar-refractivity contribution in [1.82, 2.24) is 5.32 Å². The molecule has 1 N–H and O–H groups in total. The van der Waals surface area contributed by atoms with Crippen LogP contribution in [0.2, 0.25) is 0 Å². The Hall–Kier alpha value is -0.470. The fraction of sp³-hybridized carbons (Fsp3) is 0.647. The van der Waals surface area contributed by atoms with Crippen molar-refractivity contribution in [2.45, 2.75) is 50.5 Å². The normalized spacial score (nSPS) is 26.7. The Kier molecular flexibility index (Phi) is 6.25. The summed E-state index contributed by atoms with van der Waals surface area (Å²) < 4.78 is 0. The average molecular weight is 277 g/mol. The predicted molar refractivity (Wildman–Crippen MR) is 85.8 cm³/mol. The van der Waals surface area contributed by atoms with E-state index in [9.17, 15) is 0 Å². The lowest BCUT2D eigenvalue weighted by Crippen LogP contribution is -2.33. The van der Waals surface area contributed by atoms with Gasteiger partial charge in [-0.15, -0.1) is 11.8 Å². The van der Waals surface area contributed by atoms with Crippen LogP contribution in [0.25, 0.3) is 0 Å². The zero-order chi connectivity index (χ0) is 13.5. The standard InChI is InChI=1S/C17H27NS/c1-3-12-18-17-10-9-15(14(17)2)11-13-19-16-7-5-4-6-8-16/h4-8,14-15,17-18H,3,9-13H2,1-2H3. The van der Waals surface area contributed by atoms with Crippen molar-refractivity contribution in [2.75, 3.05) is 12.3 Å². The van der Waals surface area contributed by atoms with E-state index in [4.69, 9.17) is 0 Å². The zero-order valence-corrected chi connectivity index (χ0v) is 13.1. The van der Waals surface area contributed by atoms with E-state index in [1.165, 1.54) is 42.9 Å². The number of rotatable bonds is 7. The van der Waals surface area contributed by atoms with Crippen LogP contribution < -0.4 is 5.32 Å². The van der Waals surface area contributed by atoms with E-state index in [1.807, 2.05) is 11.8 Å². The molecule has 1 aliphatic rings. The minimum Gasteiger partial charge on any atom is -0.314 e. The molecule has 3 unspecified atom stereocenters. The Morgan fingerprint density at radius 1 is 1.21 bits per heavy atom. The molecule has 1 fully saturated rings. The van der Waals surface area contributed by atoms with Gasteiger partial charge in [0.05, 0.1) is 0 Å². The molecular formula is C17H27NS. The molecule has 2 rings (SSSR count). The van der Waals surface area contributed by atoms with Gasteiger partial charge in [0, 0.05) is 10.9 Å². The molecule has 0 spiro atoms. The molecule has 0 radical (unpaired) electrons. The smallest absolute Gasteiger partial charge is 0.00954 e. The molecule has 1 aromatic rings. The topological polar surface area (TPSA) is 12.0 Å². The van der Waals surface area contributed by atoms with E-state index < -0.39 is 0 Å². The van der Waals surface area contributed by atoms with Gasteiger partial charge in [0.25, 0.3) is 0 Å². The fourth-order valence-corrected chi connectivity index (χ4v) is 4.12. The van der Waals surface area contributed by atoms with Crippen LogP contribution >= 0.6 is 11.8 Å². The Labute approximate surface area is 122 Å². The van der Waals surface area contributed by atoms with Crippen LogP contribution in [0.3, 0.4) is 0 Å². The highest BCUT2D eigenvalue weighted by Crippen LogP contribution is 2.35. The van der Waals surface area contributed by atoms with Gasteiger partial charge in [0.1, 0.15) is 0 Å². The molecule has 1 saturated carbocycles. The first-order valence-electron chi connectivity index (χ1n) is 7.72. The first-order chi connectivity index (χ1) is 9.31. The maximum atomic E-state index is 3.71. The van der Waals surface area contributed by atoms with Crippen molar-refractivity contribution in [3.8, 4) is 0 Å². The first kappa shape index (κ1) is 14.9.